The highest BCUT2D eigenvalue weighted by Crippen LogP contribution is 2.41. The number of aromatic nitrogens is 4. The van der Waals surface area contributed by atoms with Crippen molar-refractivity contribution in [2.24, 2.45) is 4.99 Å². The molecular weight excluding hydrogens is 371 g/mol. The molecule has 0 fully saturated rings. The van der Waals surface area contributed by atoms with Crippen LogP contribution in [0.25, 0.3) is 0 Å². The molecule has 0 saturated heterocycles. The van der Waals surface area contributed by atoms with Gasteiger partial charge in [-0.3, -0.25) is 9.67 Å². The standard InChI is InChI=1S/C18H20F3N7/c1-3-22-16-12(18(19,20)21)8-24-17(26-16)25-14-9-28(27-10(14)2)15-5-4-13-11(15)6-7-23-13/h7-9,15H,3-6H2,1-2H3,(H2,22,24,25,26). The van der Waals surface area contributed by atoms with Gasteiger partial charge in [-0.25, -0.2) is 4.98 Å². The lowest BCUT2D eigenvalue weighted by molar-refractivity contribution is -0.137. The highest BCUT2D eigenvalue weighted by molar-refractivity contribution is 5.68. The summed E-state index contributed by atoms with van der Waals surface area (Å²) in [7, 11) is 0. The molecule has 1 atom stereocenters. The summed E-state index contributed by atoms with van der Waals surface area (Å²) >= 11 is 0. The fourth-order valence-corrected chi connectivity index (χ4v) is 3.58. The smallest absolute Gasteiger partial charge is 0.370 e. The molecule has 0 saturated carbocycles. The molecule has 10 heteroatoms. The van der Waals surface area contributed by atoms with Crippen LogP contribution in [0.2, 0.25) is 0 Å². The van der Waals surface area contributed by atoms with E-state index in [-0.39, 0.29) is 17.8 Å². The van der Waals surface area contributed by atoms with Crippen LogP contribution in [0.15, 0.2) is 28.7 Å². The van der Waals surface area contributed by atoms with Gasteiger partial charge in [0, 0.05) is 37.3 Å². The second-order valence-corrected chi connectivity index (χ2v) is 6.76. The van der Waals surface area contributed by atoms with Crippen molar-refractivity contribution >= 4 is 23.7 Å². The zero-order valence-corrected chi connectivity index (χ0v) is 15.5. The van der Waals surface area contributed by atoms with Gasteiger partial charge in [0.25, 0.3) is 0 Å². The van der Waals surface area contributed by atoms with Gasteiger partial charge in [0.15, 0.2) is 0 Å². The number of hydrogen-bond donors (Lipinski definition) is 2. The van der Waals surface area contributed by atoms with Crippen molar-refractivity contribution in [3.05, 3.63) is 34.9 Å². The normalized spacial score (nSPS) is 18.7. The third-order valence-electron chi connectivity index (χ3n) is 4.91. The van der Waals surface area contributed by atoms with E-state index in [0.29, 0.717) is 12.2 Å². The Bertz CT molecular complexity index is 959. The van der Waals surface area contributed by atoms with Crippen LogP contribution in [-0.4, -0.2) is 32.5 Å². The molecule has 148 valence electrons. The van der Waals surface area contributed by atoms with Gasteiger partial charge in [-0.05, 0) is 32.3 Å². The summed E-state index contributed by atoms with van der Waals surface area (Å²) in [5.74, 6) is -0.159. The van der Waals surface area contributed by atoms with Crippen LogP contribution in [0.4, 0.5) is 30.6 Å². The van der Waals surface area contributed by atoms with Crippen LogP contribution in [0.5, 0.6) is 0 Å². The Labute approximate surface area is 159 Å². The van der Waals surface area contributed by atoms with Crippen molar-refractivity contribution < 1.29 is 13.2 Å². The first-order valence-electron chi connectivity index (χ1n) is 9.12. The van der Waals surface area contributed by atoms with E-state index in [1.807, 2.05) is 24.0 Å². The minimum atomic E-state index is -4.52. The van der Waals surface area contributed by atoms with Crippen molar-refractivity contribution in [2.45, 2.75) is 45.3 Å². The topological polar surface area (TPSA) is 80.0 Å². The number of nitrogens with zero attached hydrogens (tertiary/aromatic N) is 5. The lowest BCUT2D eigenvalue weighted by atomic mass is 10.1. The molecule has 1 unspecified atom stereocenters. The van der Waals surface area contributed by atoms with Gasteiger partial charge in [0.1, 0.15) is 11.4 Å². The number of anilines is 3. The minimum Gasteiger partial charge on any atom is -0.370 e. The average Bonchev–Trinajstić information content (AvgIpc) is 3.31. The summed E-state index contributed by atoms with van der Waals surface area (Å²) in [6, 6.07) is 0.164. The SMILES string of the molecule is CCNc1nc(Nc2cn(C3CCC4=C3CC=N4)nc2C)ncc1C(F)(F)F. The van der Waals surface area contributed by atoms with Crippen molar-refractivity contribution in [3.8, 4) is 0 Å². The van der Waals surface area contributed by atoms with Crippen molar-refractivity contribution in [1.82, 2.24) is 19.7 Å². The molecule has 0 bridgehead atoms. The third kappa shape index (κ3) is 3.34. The molecule has 7 nitrogen and oxygen atoms in total. The maximum absolute atomic E-state index is 13.1. The summed E-state index contributed by atoms with van der Waals surface area (Å²) in [6.07, 6.45) is 2.77. The Hall–Kier alpha value is -2.91. The summed E-state index contributed by atoms with van der Waals surface area (Å²) in [5.41, 5.74) is 2.93. The van der Waals surface area contributed by atoms with Crippen LogP contribution >= 0.6 is 0 Å². The van der Waals surface area contributed by atoms with E-state index in [4.69, 9.17) is 0 Å². The molecule has 2 aliphatic rings. The number of aliphatic imine (C=N–C) groups is 1. The van der Waals surface area contributed by atoms with E-state index in [1.54, 1.807) is 6.92 Å². The maximum Gasteiger partial charge on any atom is 0.421 e. The first kappa shape index (κ1) is 18.5. The predicted molar refractivity (Wildman–Crippen MR) is 99.9 cm³/mol. The van der Waals surface area contributed by atoms with E-state index >= 15 is 0 Å². The molecule has 0 radical (unpaired) electrons. The zero-order valence-electron chi connectivity index (χ0n) is 15.5. The van der Waals surface area contributed by atoms with Crippen molar-refractivity contribution in [1.29, 1.82) is 0 Å². The molecule has 2 aromatic heterocycles. The van der Waals surface area contributed by atoms with Crippen LogP contribution in [0.1, 0.15) is 43.5 Å². The van der Waals surface area contributed by atoms with Gasteiger partial charge in [0.05, 0.1) is 17.4 Å². The quantitative estimate of drug-likeness (QED) is 0.797. The van der Waals surface area contributed by atoms with E-state index in [2.05, 4.69) is 30.7 Å². The highest BCUT2D eigenvalue weighted by Gasteiger charge is 2.35. The molecule has 0 spiro atoms. The Morgan fingerprint density at radius 3 is 2.89 bits per heavy atom. The molecular formula is C18H20F3N7. The van der Waals surface area contributed by atoms with E-state index in [0.717, 1.165) is 36.9 Å². The van der Waals surface area contributed by atoms with Crippen molar-refractivity contribution in [3.63, 3.8) is 0 Å². The third-order valence-corrected chi connectivity index (χ3v) is 4.91. The molecule has 0 amide bonds. The Morgan fingerprint density at radius 1 is 1.32 bits per heavy atom. The number of nitrogens with one attached hydrogen (secondary N) is 2. The Balaban J connectivity index is 1.58. The lowest BCUT2D eigenvalue weighted by Gasteiger charge is -2.14. The van der Waals surface area contributed by atoms with E-state index in [1.165, 1.54) is 5.57 Å². The second kappa shape index (κ2) is 6.92. The predicted octanol–water partition coefficient (Wildman–Crippen LogP) is 4.24. The van der Waals surface area contributed by atoms with Gasteiger partial charge in [-0.15, -0.1) is 0 Å². The molecule has 1 aliphatic heterocycles. The van der Waals surface area contributed by atoms with Crippen LogP contribution in [0.3, 0.4) is 0 Å². The van der Waals surface area contributed by atoms with Gasteiger partial charge >= 0.3 is 6.18 Å². The molecule has 2 N–H and O–H groups in total. The van der Waals surface area contributed by atoms with E-state index < -0.39 is 11.7 Å². The Morgan fingerprint density at radius 2 is 2.14 bits per heavy atom. The molecule has 2 aromatic rings. The number of alkyl halides is 3. The number of aryl methyl sites for hydroxylation is 1. The summed E-state index contributed by atoms with van der Waals surface area (Å²) in [6.45, 7) is 3.86. The van der Waals surface area contributed by atoms with E-state index in [9.17, 15) is 13.2 Å². The van der Waals surface area contributed by atoms with Gasteiger partial charge in [-0.2, -0.15) is 23.3 Å². The number of hydrogen-bond acceptors (Lipinski definition) is 6. The molecule has 28 heavy (non-hydrogen) atoms. The molecule has 0 aromatic carbocycles. The summed E-state index contributed by atoms with van der Waals surface area (Å²) in [5, 5.41) is 10.2. The number of rotatable bonds is 5. The maximum atomic E-state index is 13.1. The van der Waals surface area contributed by atoms with Crippen LogP contribution in [0, 0.1) is 6.92 Å². The largest absolute Gasteiger partial charge is 0.421 e. The highest BCUT2D eigenvalue weighted by atomic mass is 19.4. The van der Waals surface area contributed by atoms with Crippen LogP contribution < -0.4 is 10.6 Å². The first-order valence-corrected chi connectivity index (χ1v) is 9.12. The zero-order chi connectivity index (χ0) is 19.9. The number of allylic oxidation sites excluding steroid dienone is 2. The lowest BCUT2D eigenvalue weighted by Crippen LogP contribution is -2.14. The van der Waals surface area contributed by atoms with Gasteiger partial charge in [0.2, 0.25) is 5.95 Å². The van der Waals surface area contributed by atoms with Gasteiger partial charge in [-0.1, -0.05) is 0 Å². The first-order chi connectivity index (χ1) is 13.4. The summed E-state index contributed by atoms with van der Waals surface area (Å²) < 4.78 is 41.2. The van der Waals surface area contributed by atoms with Crippen molar-refractivity contribution in [2.75, 3.05) is 17.2 Å². The number of halogens is 3. The Kier molecular flexibility index (Phi) is 4.56. The fraction of sp³-hybridized carbons (Fsp3) is 0.444. The fourth-order valence-electron chi connectivity index (χ4n) is 3.58. The molecule has 3 heterocycles. The van der Waals surface area contributed by atoms with Gasteiger partial charge < -0.3 is 10.6 Å². The summed E-state index contributed by atoms with van der Waals surface area (Å²) in [4.78, 5) is 12.2. The molecule has 1 aliphatic carbocycles. The monoisotopic (exact) mass is 391 g/mol. The van der Waals surface area contributed by atoms with Crippen LogP contribution in [-0.2, 0) is 6.18 Å². The second-order valence-electron chi connectivity index (χ2n) is 6.76. The molecule has 4 rings (SSSR count). The minimum absolute atomic E-state index is 0.0853. The average molecular weight is 391 g/mol.